The van der Waals surface area contributed by atoms with Gasteiger partial charge in [-0.25, -0.2) is 4.98 Å². The second-order valence-electron chi connectivity index (χ2n) is 7.98. The van der Waals surface area contributed by atoms with Crippen LogP contribution < -0.4 is 14.8 Å². The summed E-state index contributed by atoms with van der Waals surface area (Å²) in [6.07, 6.45) is 5.49. The number of carbonyl (C=O) groups excluding carboxylic acids is 1. The Kier molecular flexibility index (Phi) is 5.29. The van der Waals surface area contributed by atoms with Crippen molar-refractivity contribution < 1.29 is 14.3 Å². The number of nitrogens with one attached hydrogen (secondary N) is 1. The van der Waals surface area contributed by atoms with Crippen molar-refractivity contribution in [3.8, 4) is 11.5 Å². The van der Waals surface area contributed by atoms with Crippen LogP contribution in [-0.2, 0) is 4.79 Å². The summed E-state index contributed by atoms with van der Waals surface area (Å²) in [7, 11) is 3.27. The molecule has 1 aromatic heterocycles. The smallest absolute Gasteiger partial charge is 0.223 e. The fraction of sp³-hybridized carbons (Fsp3) is 0.545. The number of likely N-dealkylation sites (tertiary alicyclic amines) is 1. The van der Waals surface area contributed by atoms with E-state index in [0.29, 0.717) is 35.8 Å². The number of methoxy groups -OCH3 is 2. The Morgan fingerprint density at radius 2 is 1.86 bits per heavy atom. The Balaban J connectivity index is 1.47. The highest BCUT2D eigenvalue weighted by Crippen LogP contribution is 2.34. The van der Waals surface area contributed by atoms with E-state index >= 15 is 0 Å². The number of fused-ring (bicyclic) bond motifs is 1. The molecular formula is C22H29N3O3. The van der Waals surface area contributed by atoms with Crippen molar-refractivity contribution in [1.29, 1.82) is 0 Å². The van der Waals surface area contributed by atoms with Gasteiger partial charge in [0, 0.05) is 42.9 Å². The zero-order valence-electron chi connectivity index (χ0n) is 17.0. The van der Waals surface area contributed by atoms with Gasteiger partial charge in [0.25, 0.3) is 0 Å². The molecule has 2 aliphatic rings. The fourth-order valence-corrected chi connectivity index (χ4v) is 4.58. The Bertz CT molecular complexity index is 877. The van der Waals surface area contributed by atoms with Gasteiger partial charge in [-0.1, -0.05) is 12.8 Å². The molecule has 0 bridgehead atoms. The van der Waals surface area contributed by atoms with Crippen LogP contribution in [0.2, 0.25) is 0 Å². The third kappa shape index (κ3) is 3.60. The zero-order valence-corrected chi connectivity index (χ0v) is 17.0. The van der Waals surface area contributed by atoms with E-state index in [1.807, 2.05) is 12.1 Å². The van der Waals surface area contributed by atoms with E-state index < -0.39 is 0 Å². The summed E-state index contributed by atoms with van der Waals surface area (Å²) < 4.78 is 10.8. The van der Waals surface area contributed by atoms with Gasteiger partial charge < -0.3 is 19.7 Å². The first-order valence-corrected chi connectivity index (χ1v) is 10.2. The van der Waals surface area contributed by atoms with Crippen LogP contribution in [0.1, 0.15) is 37.7 Å². The standard InChI is InChI=1S/C22H29N3O3/c1-14-8-21(24-18-11-20(28-3)19(27-2)10-17(14)18)23-12-15-9-22(26)25(13-15)16-6-4-5-7-16/h8,10-11,15-16H,4-7,9,12-13H2,1-3H3,(H,23,24)/t15-/m1/s1. The topological polar surface area (TPSA) is 63.7 Å². The van der Waals surface area contributed by atoms with E-state index in [1.54, 1.807) is 14.2 Å². The van der Waals surface area contributed by atoms with Crippen LogP contribution in [0, 0.1) is 12.8 Å². The number of hydrogen-bond acceptors (Lipinski definition) is 5. The summed E-state index contributed by atoms with van der Waals surface area (Å²) in [5.41, 5.74) is 2.00. The van der Waals surface area contributed by atoms with Gasteiger partial charge in [0.15, 0.2) is 11.5 Å². The fourth-order valence-electron chi connectivity index (χ4n) is 4.58. The van der Waals surface area contributed by atoms with Crippen molar-refractivity contribution in [2.75, 3.05) is 32.6 Å². The molecule has 4 rings (SSSR count). The summed E-state index contributed by atoms with van der Waals surface area (Å²) in [6.45, 7) is 3.70. The van der Waals surface area contributed by atoms with Gasteiger partial charge in [-0.3, -0.25) is 4.79 Å². The molecule has 150 valence electrons. The molecule has 0 radical (unpaired) electrons. The number of hydrogen-bond donors (Lipinski definition) is 1. The van der Waals surface area contributed by atoms with Crippen LogP contribution in [0.4, 0.5) is 5.82 Å². The third-order valence-electron chi connectivity index (χ3n) is 6.10. The number of aromatic nitrogens is 1. The molecule has 1 saturated heterocycles. The van der Waals surface area contributed by atoms with Crippen molar-refractivity contribution >= 4 is 22.6 Å². The highest BCUT2D eigenvalue weighted by atomic mass is 16.5. The molecule has 2 heterocycles. The van der Waals surface area contributed by atoms with Crippen molar-refractivity contribution in [2.45, 2.75) is 45.1 Å². The number of carbonyl (C=O) groups is 1. The van der Waals surface area contributed by atoms with E-state index in [0.717, 1.165) is 35.4 Å². The van der Waals surface area contributed by atoms with Crippen LogP contribution in [0.5, 0.6) is 11.5 Å². The Hall–Kier alpha value is -2.50. The number of nitrogens with zero attached hydrogens (tertiary/aromatic N) is 2. The number of anilines is 1. The highest BCUT2D eigenvalue weighted by Gasteiger charge is 2.35. The second-order valence-corrected chi connectivity index (χ2v) is 7.98. The molecule has 2 aromatic rings. The van der Waals surface area contributed by atoms with Crippen LogP contribution in [0.25, 0.3) is 10.9 Å². The van der Waals surface area contributed by atoms with Gasteiger partial charge in [0.05, 0.1) is 19.7 Å². The summed E-state index contributed by atoms with van der Waals surface area (Å²) in [6, 6.07) is 6.41. The molecule has 1 saturated carbocycles. The van der Waals surface area contributed by atoms with Gasteiger partial charge in [0.1, 0.15) is 5.82 Å². The predicted octanol–water partition coefficient (Wildman–Crippen LogP) is 3.76. The number of ether oxygens (including phenoxy) is 2. The molecule has 1 aromatic carbocycles. The molecule has 1 N–H and O–H groups in total. The minimum atomic E-state index is 0.318. The van der Waals surface area contributed by atoms with Crippen molar-refractivity contribution in [2.24, 2.45) is 5.92 Å². The normalized spacial score (nSPS) is 20.2. The minimum Gasteiger partial charge on any atom is -0.493 e. The highest BCUT2D eigenvalue weighted by molar-refractivity contribution is 5.87. The van der Waals surface area contributed by atoms with Crippen LogP contribution in [0.15, 0.2) is 18.2 Å². The number of benzene rings is 1. The molecule has 0 unspecified atom stereocenters. The van der Waals surface area contributed by atoms with E-state index in [2.05, 4.69) is 23.2 Å². The lowest BCUT2D eigenvalue weighted by Crippen LogP contribution is -2.34. The molecule has 2 fully saturated rings. The molecule has 1 aliphatic heterocycles. The zero-order chi connectivity index (χ0) is 19.7. The van der Waals surface area contributed by atoms with E-state index in [9.17, 15) is 4.79 Å². The first kappa shape index (κ1) is 18.8. The summed E-state index contributed by atoms with van der Waals surface area (Å²) in [5.74, 6) is 2.88. The van der Waals surface area contributed by atoms with Gasteiger partial charge in [-0.2, -0.15) is 0 Å². The van der Waals surface area contributed by atoms with Crippen molar-refractivity contribution in [3.05, 3.63) is 23.8 Å². The van der Waals surface area contributed by atoms with Gasteiger partial charge in [-0.15, -0.1) is 0 Å². The van der Waals surface area contributed by atoms with Gasteiger partial charge in [-0.05, 0) is 37.5 Å². The largest absolute Gasteiger partial charge is 0.493 e. The molecule has 6 nitrogen and oxygen atoms in total. The maximum Gasteiger partial charge on any atom is 0.223 e. The van der Waals surface area contributed by atoms with Crippen LogP contribution in [0.3, 0.4) is 0 Å². The Morgan fingerprint density at radius 1 is 1.14 bits per heavy atom. The van der Waals surface area contributed by atoms with Crippen molar-refractivity contribution in [1.82, 2.24) is 9.88 Å². The maximum atomic E-state index is 12.4. The Labute approximate surface area is 166 Å². The summed E-state index contributed by atoms with van der Waals surface area (Å²) in [5, 5.41) is 4.50. The third-order valence-corrected chi connectivity index (χ3v) is 6.10. The average molecular weight is 383 g/mol. The summed E-state index contributed by atoms with van der Waals surface area (Å²) in [4.78, 5) is 19.3. The van der Waals surface area contributed by atoms with Gasteiger partial charge in [0.2, 0.25) is 5.91 Å². The maximum absolute atomic E-state index is 12.4. The molecule has 6 heteroatoms. The second kappa shape index (κ2) is 7.86. The number of rotatable bonds is 6. The monoisotopic (exact) mass is 383 g/mol. The molecule has 1 atom stereocenters. The number of pyridine rings is 1. The number of aryl methyl sites for hydroxylation is 1. The average Bonchev–Trinajstić information content (AvgIpc) is 3.34. The molecule has 0 spiro atoms. The quantitative estimate of drug-likeness (QED) is 0.823. The van der Waals surface area contributed by atoms with Crippen LogP contribution >= 0.6 is 0 Å². The first-order valence-electron chi connectivity index (χ1n) is 10.2. The predicted molar refractivity (Wildman–Crippen MR) is 110 cm³/mol. The SMILES string of the molecule is COc1cc2nc(NC[C@H]3CC(=O)N(C4CCCC4)C3)cc(C)c2cc1OC. The molecule has 1 amide bonds. The number of amides is 1. The lowest BCUT2D eigenvalue weighted by atomic mass is 10.1. The lowest BCUT2D eigenvalue weighted by molar-refractivity contribution is -0.129. The first-order chi connectivity index (χ1) is 13.6. The summed E-state index contributed by atoms with van der Waals surface area (Å²) >= 11 is 0. The van der Waals surface area contributed by atoms with E-state index in [-0.39, 0.29) is 0 Å². The molecule has 28 heavy (non-hydrogen) atoms. The molecular weight excluding hydrogens is 354 g/mol. The minimum absolute atomic E-state index is 0.318. The van der Waals surface area contributed by atoms with E-state index in [1.165, 1.54) is 25.7 Å². The molecule has 1 aliphatic carbocycles. The van der Waals surface area contributed by atoms with Crippen LogP contribution in [-0.4, -0.2) is 49.1 Å². The Morgan fingerprint density at radius 3 is 2.57 bits per heavy atom. The lowest BCUT2D eigenvalue weighted by Gasteiger charge is -2.24. The van der Waals surface area contributed by atoms with Crippen molar-refractivity contribution in [3.63, 3.8) is 0 Å². The van der Waals surface area contributed by atoms with E-state index in [4.69, 9.17) is 14.5 Å². The van der Waals surface area contributed by atoms with Gasteiger partial charge >= 0.3 is 0 Å².